The highest BCUT2D eigenvalue weighted by Gasteiger charge is 2.30. The Morgan fingerprint density at radius 1 is 1.07 bits per heavy atom. The molecule has 0 bridgehead atoms. The van der Waals surface area contributed by atoms with E-state index in [9.17, 15) is 14.4 Å². The number of benzene rings is 2. The first kappa shape index (κ1) is 17.2. The zero-order valence-corrected chi connectivity index (χ0v) is 14.8. The van der Waals surface area contributed by atoms with Gasteiger partial charge in [0.1, 0.15) is 6.10 Å². The summed E-state index contributed by atoms with van der Waals surface area (Å²) in [6, 6.07) is 14.2. The molecule has 4 rings (SSSR count). The number of fused-ring (bicyclic) bond motifs is 1. The molecule has 0 radical (unpaired) electrons. The molecular weight excluding hydrogens is 346 g/mol. The van der Waals surface area contributed by atoms with Gasteiger partial charge in [0.15, 0.2) is 0 Å². The van der Waals surface area contributed by atoms with Crippen molar-refractivity contribution in [3.8, 4) is 0 Å². The van der Waals surface area contributed by atoms with E-state index in [1.54, 1.807) is 17.0 Å². The molecule has 138 valence electrons. The zero-order chi connectivity index (χ0) is 19.0. The molecule has 0 aliphatic carbocycles. The summed E-state index contributed by atoms with van der Waals surface area (Å²) in [7, 11) is 0. The Labute approximate surface area is 156 Å². The van der Waals surface area contributed by atoms with Gasteiger partial charge in [-0.05, 0) is 30.7 Å². The van der Waals surface area contributed by atoms with Crippen molar-refractivity contribution < 1.29 is 19.1 Å². The van der Waals surface area contributed by atoms with Crippen LogP contribution in [-0.2, 0) is 4.74 Å². The van der Waals surface area contributed by atoms with Crippen molar-refractivity contribution >= 4 is 23.5 Å². The van der Waals surface area contributed by atoms with E-state index in [0.717, 1.165) is 5.56 Å². The average molecular weight is 365 g/mol. The quantitative estimate of drug-likeness (QED) is 0.801. The minimum atomic E-state index is -0.449. The standard InChI is InChI=1S/C20H19N3O4/c1-12-10-23(11-17(27-12)13-5-3-2-4-6-13)20(26)21-14-7-8-15-16(9-14)19(25)22-18(15)24/h2-9,12,17H,10-11H2,1H3,(H,21,26)(H,22,24,25)/t12-,17-/m0/s1. The lowest BCUT2D eigenvalue weighted by atomic mass is 10.1. The average Bonchev–Trinajstić information content (AvgIpc) is 2.95. The number of anilines is 1. The van der Waals surface area contributed by atoms with Crippen LogP contribution in [0.4, 0.5) is 10.5 Å². The van der Waals surface area contributed by atoms with Crippen LogP contribution >= 0.6 is 0 Å². The maximum Gasteiger partial charge on any atom is 0.322 e. The molecule has 0 aromatic heterocycles. The Hall–Kier alpha value is -3.19. The fraction of sp³-hybridized carbons (Fsp3) is 0.250. The molecule has 0 saturated carbocycles. The molecule has 1 saturated heterocycles. The zero-order valence-electron chi connectivity index (χ0n) is 14.8. The van der Waals surface area contributed by atoms with Crippen molar-refractivity contribution in [3.05, 3.63) is 65.2 Å². The predicted molar refractivity (Wildman–Crippen MR) is 98.6 cm³/mol. The van der Waals surface area contributed by atoms with Crippen molar-refractivity contribution in [3.63, 3.8) is 0 Å². The highest BCUT2D eigenvalue weighted by molar-refractivity contribution is 6.22. The molecular formula is C20H19N3O4. The molecule has 2 N–H and O–H groups in total. The van der Waals surface area contributed by atoms with Gasteiger partial charge in [-0.25, -0.2) is 4.79 Å². The first-order valence-electron chi connectivity index (χ1n) is 8.77. The third-order valence-corrected chi connectivity index (χ3v) is 4.71. The molecule has 7 nitrogen and oxygen atoms in total. The molecule has 2 heterocycles. The smallest absolute Gasteiger partial charge is 0.322 e. The van der Waals surface area contributed by atoms with Crippen LogP contribution in [-0.4, -0.2) is 41.9 Å². The van der Waals surface area contributed by atoms with E-state index in [-0.39, 0.29) is 23.8 Å². The van der Waals surface area contributed by atoms with Crippen molar-refractivity contribution in [1.29, 1.82) is 0 Å². The summed E-state index contributed by atoms with van der Waals surface area (Å²) in [6.45, 7) is 2.84. The number of imide groups is 1. The Kier molecular flexibility index (Phi) is 4.37. The monoisotopic (exact) mass is 365 g/mol. The van der Waals surface area contributed by atoms with E-state index in [1.807, 2.05) is 37.3 Å². The minimum Gasteiger partial charge on any atom is -0.367 e. The van der Waals surface area contributed by atoms with Crippen LogP contribution < -0.4 is 10.6 Å². The minimum absolute atomic E-state index is 0.0990. The number of urea groups is 1. The molecule has 2 atom stereocenters. The Morgan fingerprint density at radius 3 is 2.59 bits per heavy atom. The number of hydrogen-bond donors (Lipinski definition) is 2. The van der Waals surface area contributed by atoms with Crippen LogP contribution in [0.3, 0.4) is 0 Å². The molecule has 27 heavy (non-hydrogen) atoms. The van der Waals surface area contributed by atoms with Gasteiger partial charge in [0.25, 0.3) is 11.8 Å². The molecule has 1 fully saturated rings. The maximum atomic E-state index is 12.7. The Bertz CT molecular complexity index is 913. The molecule has 4 amide bonds. The van der Waals surface area contributed by atoms with E-state index in [0.29, 0.717) is 24.3 Å². The molecule has 2 aliphatic rings. The summed E-state index contributed by atoms with van der Waals surface area (Å²) in [4.78, 5) is 37.8. The van der Waals surface area contributed by atoms with Crippen molar-refractivity contribution in [2.75, 3.05) is 18.4 Å². The summed E-state index contributed by atoms with van der Waals surface area (Å²) in [6.07, 6.45) is -0.290. The molecule has 0 spiro atoms. The lowest BCUT2D eigenvalue weighted by Crippen LogP contribution is -2.47. The second-order valence-electron chi connectivity index (χ2n) is 6.72. The fourth-order valence-corrected chi connectivity index (χ4v) is 3.42. The highest BCUT2D eigenvalue weighted by atomic mass is 16.5. The number of amides is 4. The van der Waals surface area contributed by atoms with Crippen LogP contribution in [0.1, 0.15) is 39.3 Å². The second kappa shape index (κ2) is 6.85. The van der Waals surface area contributed by atoms with Crippen LogP contribution in [0.15, 0.2) is 48.5 Å². The van der Waals surface area contributed by atoms with Gasteiger partial charge in [0, 0.05) is 12.2 Å². The van der Waals surface area contributed by atoms with Crippen LogP contribution in [0.5, 0.6) is 0 Å². The number of rotatable bonds is 2. The number of nitrogens with one attached hydrogen (secondary N) is 2. The summed E-state index contributed by atoms with van der Waals surface area (Å²) in [5, 5.41) is 5.05. The van der Waals surface area contributed by atoms with Gasteiger partial charge in [-0.2, -0.15) is 0 Å². The second-order valence-corrected chi connectivity index (χ2v) is 6.72. The highest BCUT2D eigenvalue weighted by Crippen LogP contribution is 2.26. The predicted octanol–water partition coefficient (Wildman–Crippen LogP) is 2.56. The van der Waals surface area contributed by atoms with Gasteiger partial charge in [-0.3, -0.25) is 14.9 Å². The van der Waals surface area contributed by atoms with E-state index in [4.69, 9.17) is 4.74 Å². The van der Waals surface area contributed by atoms with E-state index in [2.05, 4.69) is 10.6 Å². The number of hydrogen-bond acceptors (Lipinski definition) is 4. The third-order valence-electron chi connectivity index (χ3n) is 4.71. The van der Waals surface area contributed by atoms with Crippen LogP contribution in [0.25, 0.3) is 0 Å². The van der Waals surface area contributed by atoms with Crippen molar-refractivity contribution in [1.82, 2.24) is 10.2 Å². The van der Waals surface area contributed by atoms with E-state index >= 15 is 0 Å². The lowest BCUT2D eigenvalue weighted by molar-refractivity contribution is -0.0642. The van der Waals surface area contributed by atoms with Crippen LogP contribution in [0.2, 0.25) is 0 Å². The molecule has 7 heteroatoms. The molecule has 2 aromatic carbocycles. The molecule has 2 aromatic rings. The van der Waals surface area contributed by atoms with Crippen LogP contribution in [0, 0.1) is 0 Å². The number of nitrogens with zero attached hydrogens (tertiary/aromatic N) is 1. The lowest BCUT2D eigenvalue weighted by Gasteiger charge is -2.37. The fourth-order valence-electron chi connectivity index (χ4n) is 3.42. The van der Waals surface area contributed by atoms with Crippen molar-refractivity contribution in [2.24, 2.45) is 0 Å². The maximum absolute atomic E-state index is 12.7. The largest absolute Gasteiger partial charge is 0.367 e. The number of morpholine rings is 1. The number of ether oxygens (including phenoxy) is 1. The van der Waals surface area contributed by atoms with Crippen molar-refractivity contribution in [2.45, 2.75) is 19.1 Å². The Balaban J connectivity index is 1.49. The summed E-state index contributed by atoms with van der Waals surface area (Å²) in [5.74, 6) is -0.865. The van der Waals surface area contributed by atoms with Gasteiger partial charge in [-0.1, -0.05) is 30.3 Å². The Morgan fingerprint density at radius 2 is 1.81 bits per heavy atom. The SMILES string of the molecule is C[C@H]1CN(C(=O)Nc2ccc3c(c2)C(=O)NC3=O)C[C@@H](c2ccccc2)O1. The van der Waals surface area contributed by atoms with Gasteiger partial charge >= 0.3 is 6.03 Å². The third kappa shape index (κ3) is 3.41. The van der Waals surface area contributed by atoms with Gasteiger partial charge in [0.2, 0.25) is 0 Å². The first-order chi connectivity index (χ1) is 13.0. The topological polar surface area (TPSA) is 87.7 Å². The first-order valence-corrected chi connectivity index (χ1v) is 8.77. The number of carbonyl (C=O) groups is 3. The van der Waals surface area contributed by atoms with Gasteiger partial charge in [0.05, 0.1) is 23.8 Å². The van der Waals surface area contributed by atoms with E-state index < -0.39 is 11.8 Å². The van der Waals surface area contributed by atoms with E-state index in [1.165, 1.54) is 6.07 Å². The van der Waals surface area contributed by atoms with Gasteiger partial charge in [-0.15, -0.1) is 0 Å². The molecule has 2 aliphatic heterocycles. The van der Waals surface area contributed by atoms with Gasteiger partial charge < -0.3 is 15.0 Å². The molecule has 0 unspecified atom stereocenters. The summed E-state index contributed by atoms with van der Waals surface area (Å²) >= 11 is 0. The summed E-state index contributed by atoms with van der Waals surface area (Å²) in [5.41, 5.74) is 2.09. The normalized spacial score (nSPS) is 21.6. The number of carbonyl (C=O) groups excluding carboxylic acids is 3. The summed E-state index contributed by atoms with van der Waals surface area (Å²) < 4.78 is 5.98.